The summed E-state index contributed by atoms with van der Waals surface area (Å²) in [5.74, 6) is 0.860. The van der Waals surface area contributed by atoms with Crippen molar-refractivity contribution in [1.82, 2.24) is 24.8 Å². The van der Waals surface area contributed by atoms with Gasteiger partial charge in [-0.3, -0.25) is 14.4 Å². The molecule has 0 saturated heterocycles. The Kier molecular flexibility index (Phi) is 9.69. The summed E-state index contributed by atoms with van der Waals surface area (Å²) >= 11 is 0. The summed E-state index contributed by atoms with van der Waals surface area (Å²) in [4.78, 5) is 67.0. The number of likely N-dealkylation sites (N-methyl/N-ethyl adjacent to an activating group) is 1. The van der Waals surface area contributed by atoms with E-state index >= 15 is 0 Å². The lowest BCUT2D eigenvalue weighted by atomic mass is 10.0. The number of allylic oxidation sites excluding steroid dienone is 1. The lowest BCUT2D eigenvalue weighted by Gasteiger charge is -2.16. The Hall–Kier alpha value is -4.35. The fourth-order valence-electron chi connectivity index (χ4n) is 4.10. The van der Waals surface area contributed by atoms with E-state index in [2.05, 4.69) is 20.0 Å². The Morgan fingerprint density at radius 1 is 1.21 bits per heavy atom. The number of amides is 2. The van der Waals surface area contributed by atoms with E-state index < -0.39 is 12.1 Å². The monoisotopic (exact) mass is 537 g/mol. The van der Waals surface area contributed by atoms with Crippen molar-refractivity contribution in [2.75, 3.05) is 40.2 Å². The van der Waals surface area contributed by atoms with Crippen molar-refractivity contribution in [2.45, 2.75) is 45.2 Å². The van der Waals surface area contributed by atoms with Crippen molar-refractivity contribution < 1.29 is 19.1 Å². The molecule has 39 heavy (non-hydrogen) atoms. The molecule has 3 heterocycles. The van der Waals surface area contributed by atoms with Crippen LogP contribution in [0.1, 0.15) is 29.9 Å². The molecule has 0 bridgehead atoms. The molecule has 1 atom stereocenters. The van der Waals surface area contributed by atoms with Crippen LogP contribution in [0.3, 0.4) is 0 Å². The van der Waals surface area contributed by atoms with Crippen LogP contribution in [-0.4, -0.2) is 84.3 Å². The number of Topliss-reactive ketones (excluding diaryl/α,β-unsaturated/α-hetero) is 1. The molecule has 3 rings (SSSR count). The first kappa shape index (κ1) is 29.2. The molecule has 1 aliphatic heterocycles. The van der Waals surface area contributed by atoms with Crippen LogP contribution in [-0.2, 0) is 33.7 Å². The third-order valence-corrected chi connectivity index (χ3v) is 6.12. The Morgan fingerprint density at radius 3 is 2.62 bits per heavy atom. The van der Waals surface area contributed by atoms with E-state index in [0.29, 0.717) is 29.9 Å². The van der Waals surface area contributed by atoms with Crippen molar-refractivity contribution in [3.05, 3.63) is 57.9 Å². The number of carbonyl (C=O) groups excluding carboxylic acids is 3. The van der Waals surface area contributed by atoms with Gasteiger partial charge >= 0.3 is 6.09 Å². The molecule has 12 heteroatoms. The molecule has 0 unspecified atom stereocenters. The first-order chi connectivity index (χ1) is 18.5. The van der Waals surface area contributed by atoms with Crippen molar-refractivity contribution in [3.8, 4) is 0 Å². The van der Waals surface area contributed by atoms with Crippen molar-refractivity contribution in [2.24, 2.45) is 4.99 Å². The number of pyridine rings is 1. The van der Waals surface area contributed by atoms with Crippen molar-refractivity contribution >= 4 is 35.0 Å². The van der Waals surface area contributed by atoms with Crippen LogP contribution in [0.25, 0.3) is 0 Å². The lowest BCUT2D eigenvalue weighted by molar-refractivity contribution is -0.123. The number of hydrogen-bond donors (Lipinski definition) is 1. The molecule has 2 aromatic heterocycles. The minimum absolute atomic E-state index is 0.170. The molecule has 1 aliphatic rings. The minimum Gasteiger partial charge on any atom is -0.453 e. The number of methoxy groups -OCH3 is 1. The number of anilines is 1. The SMILES string of the molecule is COC(=O)N[C@@H](CC/C=C/C(=O)N(C)C)C(=O)Cc1cccn(CC2=Nc3c(nc(C)nc3N(C)C)C2)c1=O. The predicted molar refractivity (Wildman–Crippen MR) is 148 cm³/mol. The van der Waals surface area contributed by atoms with Crippen LogP contribution in [0.15, 0.2) is 40.3 Å². The molecule has 0 radical (unpaired) electrons. The van der Waals surface area contributed by atoms with Crippen LogP contribution >= 0.6 is 0 Å². The van der Waals surface area contributed by atoms with E-state index in [9.17, 15) is 19.2 Å². The third kappa shape index (κ3) is 7.59. The molecule has 0 fully saturated rings. The highest BCUT2D eigenvalue weighted by Crippen LogP contribution is 2.33. The standard InChI is InChI=1S/C27H35N7O5/c1-17-28-21-15-19(30-24(21)25(29-17)33(4)5)16-34-13-9-10-18(26(34)37)14-22(35)20(31-27(38)39-6)11-7-8-12-23(36)32(2)3/h8-10,12-13,20H,7,11,14-16H2,1-6H3,(H,31,38)/b12-8+/t20-/m0/s1. The van der Waals surface area contributed by atoms with Crippen LogP contribution < -0.4 is 15.8 Å². The quantitative estimate of drug-likeness (QED) is 0.427. The number of fused-ring (bicyclic) bond motifs is 1. The number of ketones is 1. The van der Waals surface area contributed by atoms with E-state index in [1.165, 1.54) is 22.7 Å². The molecule has 0 aromatic carbocycles. The molecular formula is C27H35N7O5. The zero-order valence-electron chi connectivity index (χ0n) is 23.2. The minimum atomic E-state index is -0.885. The lowest BCUT2D eigenvalue weighted by Crippen LogP contribution is -2.42. The number of alkyl carbamates (subject to hydrolysis) is 1. The Balaban J connectivity index is 1.74. The number of aryl methyl sites for hydroxylation is 1. The van der Waals surface area contributed by atoms with E-state index in [1.54, 1.807) is 38.5 Å². The molecule has 1 N–H and O–H groups in total. The Bertz CT molecular complexity index is 1360. The molecular weight excluding hydrogens is 502 g/mol. The summed E-state index contributed by atoms with van der Waals surface area (Å²) in [6.45, 7) is 2.08. The number of ether oxygens (including phenoxy) is 1. The van der Waals surface area contributed by atoms with E-state index in [1.807, 2.05) is 25.9 Å². The van der Waals surface area contributed by atoms with Gasteiger partial charge in [0.25, 0.3) is 5.56 Å². The van der Waals surface area contributed by atoms with Crippen LogP contribution in [0.4, 0.5) is 16.3 Å². The Morgan fingerprint density at radius 2 is 1.95 bits per heavy atom. The average Bonchev–Trinajstić information content (AvgIpc) is 3.28. The topological polar surface area (TPSA) is 139 Å². The molecule has 0 aliphatic carbocycles. The first-order valence-electron chi connectivity index (χ1n) is 12.5. The highest BCUT2D eigenvalue weighted by molar-refractivity contribution is 5.95. The zero-order valence-corrected chi connectivity index (χ0v) is 23.2. The fraction of sp³-hybridized carbons (Fsp3) is 0.444. The van der Waals surface area contributed by atoms with Crippen molar-refractivity contribution in [3.63, 3.8) is 0 Å². The number of carbonyl (C=O) groups is 3. The Labute approximate surface area is 227 Å². The van der Waals surface area contributed by atoms with E-state index in [-0.39, 0.29) is 36.6 Å². The molecule has 0 spiro atoms. The molecule has 12 nitrogen and oxygen atoms in total. The smallest absolute Gasteiger partial charge is 0.407 e. The summed E-state index contributed by atoms with van der Waals surface area (Å²) in [6, 6.07) is 2.43. The van der Waals surface area contributed by atoms with Crippen LogP contribution in [0.2, 0.25) is 0 Å². The van der Waals surface area contributed by atoms with Gasteiger partial charge < -0.3 is 24.4 Å². The second-order valence-electron chi connectivity index (χ2n) is 9.65. The second-order valence-corrected chi connectivity index (χ2v) is 9.65. The van der Waals surface area contributed by atoms with Crippen LogP contribution in [0.5, 0.6) is 0 Å². The highest BCUT2D eigenvalue weighted by Gasteiger charge is 2.24. The maximum Gasteiger partial charge on any atom is 0.407 e. The van der Waals surface area contributed by atoms with E-state index in [0.717, 1.165) is 17.2 Å². The van der Waals surface area contributed by atoms with Crippen molar-refractivity contribution in [1.29, 1.82) is 0 Å². The number of aliphatic imine (C=N–C) groups is 1. The van der Waals surface area contributed by atoms with Gasteiger partial charge in [-0.05, 0) is 31.9 Å². The predicted octanol–water partition coefficient (Wildman–Crippen LogP) is 1.60. The second kappa shape index (κ2) is 12.9. The summed E-state index contributed by atoms with van der Waals surface area (Å²) in [5, 5.41) is 2.53. The molecule has 0 saturated carbocycles. The van der Waals surface area contributed by atoms with Gasteiger partial charge in [-0.25, -0.2) is 19.8 Å². The van der Waals surface area contributed by atoms with Gasteiger partial charge in [0.2, 0.25) is 5.91 Å². The highest BCUT2D eigenvalue weighted by atomic mass is 16.5. The van der Waals surface area contributed by atoms with Crippen LogP contribution in [0, 0.1) is 6.92 Å². The van der Waals surface area contributed by atoms with Gasteiger partial charge in [0.1, 0.15) is 11.5 Å². The van der Waals surface area contributed by atoms with Gasteiger partial charge in [-0.1, -0.05) is 12.1 Å². The van der Waals surface area contributed by atoms with Gasteiger partial charge in [-0.15, -0.1) is 0 Å². The number of aromatic nitrogens is 3. The van der Waals surface area contributed by atoms with Gasteiger partial charge in [0, 0.05) is 58.5 Å². The number of hydrogen-bond acceptors (Lipinski definition) is 9. The first-order valence-corrected chi connectivity index (χ1v) is 12.5. The number of nitrogens with zero attached hydrogens (tertiary/aromatic N) is 6. The maximum absolute atomic E-state index is 13.2. The number of nitrogens with one attached hydrogen (secondary N) is 1. The summed E-state index contributed by atoms with van der Waals surface area (Å²) in [7, 11) is 8.27. The van der Waals surface area contributed by atoms with Gasteiger partial charge in [0.05, 0.1) is 25.4 Å². The van der Waals surface area contributed by atoms with Gasteiger partial charge in [-0.2, -0.15) is 0 Å². The molecule has 2 amide bonds. The molecule has 208 valence electrons. The summed E-state index contributed by atoms with van der Waals surface area (Å²) in [6.07, 6.45) is 4.91. The maximum atomic E-state index is 13.2. The largest absolute Gasteiger partial charge is 0.453 e. The zero-order chi connectivity index (χ0) is 28.7. The number of rotatable bonds is 11. The summed E-state index contributed by atoms with van der Waals surface area (Å²) in [5.41, 5.74) is 2.28. The summed E-state index contributed by atoms with van der Waals surface area (Å²) < 4.78 is 6.17. The third-order valence-electron chi connectivity index (χ3n) is 6.12. The van der Waals surface area contributed by atoms with E-state index in [4.69, 9.17) is 4.99 Å². The van der Waals surface area contributed by atoms with Gasteiger partial charge in [0.15, 0.2) is 11.6 Å². The fourth-order valence-corrected chi connectivity index (χ4v) is 4.10. The normalized spacial score (nSPS) is 13.0. The molecule has 2 aromatic rings. The average molecular weight is 538 g/mol.